The average Bonchev–Trinajstić information content (AvgIpc) is 2.74. The molecule has 6 heteroatoms. The minimum atomic E-state index is -0.184. The summed E-state index contributed by atoms with van der Waals surface area (Å²) in [5.74, 6) is 0.349. The van der Waals surface area contributed by atoms with Crippen molar-refractivity contribution in [2.75, 3.05) is 22.5 Å². The number of rotatable bonds is 8. The van der Waals surface area contributed by atoms with Crippen LogP contribution in [0.3, 0.4) is 0 Å². The smallest absolute Gasteiger partial charge is 0.255 e. The summed E-state index contributed by atoms with van der Waals surface area (Å²) in [7, 11) is 0. The fourth-order valence-electron chi connectivity index (χ4n) is 2.98. The van der Waals surface area contributed by atoms with Crippen molar-refractivity contribution in [2.45, 2.75) is 26.9 Å². The van der Waals surface area contributed by atoms with Gasteiger partial charge in [0.05, 0.1) is 18.3 Å². The molecular weight excluding hydrogens is 390 g/mol. The van der Waals surface area contributed by atoms with Crippen molar-refractivity contribution in [3.8, 4) is 5.75 Å². The molecule has 3 aromatic carbocycles. The number of hydrogen-bond donors (Lipinski definition) is 3. The normalized spacial score (nSPS) is 10.5. The van der Waals surface area contributed by atoms with Crippen LogP contribution in [0.25, 0.3) is 0 Å². The molecule has 3 rings (SSSR count). The second-order valence-electron chi connectivity index (χ2n) is 7.47. The Labute approximate surface area is 182 Å². The van der Waals surface area contributed by atoms with Crippen LogP contribution in [-0.2, 0) is 4.79 Å². The molecule has 0 bridgehead atoms. The van der Waals surface area contributed by atoms with Gasteiger partial charge in [0.1, 0.15) is 5.75 Å². The van der Waals surface area contributed by atoms with Gasteiger partial charge < -0.3 is 20.7 Å². The minimum Gasteiger partial charge on any atom is -0.489 e. The first kappa shape index (κ1) is 21.9. The molecule has 0 aliphatic heterocycles. The highest BCUT2D eigenvalue weighted by Gasteiger charge is 2.09. The first-order valence-corrected chi connectivity index (χ1v) is 10.2. The summed E-state index contributed by atoms with van der Waals surface area (Å²) in [5, 5.41) is 8.80. The van der Waals surface area contributed by atoms with Crippen LogP contribution in [0.15, 0.2) is 72.8 Å². The number of anilines is 3. The van der Waals surface area contributed by atoms with Crippen molar-refractivity contribution in [2.24, 2.45) is 0 Å². The Morgan fingerprint density at radius 2 is 1.55 bits per heavy atom. The molecule has 3 aromatic rings. The average molecular weight is 418 g/mol. The second kappa shape index (κ2) is 10.3. The maximum Gasteiger partial charge on any atom is 0.255 e. The van der Waals surface area contributed by atoms with Gasteiger partial charge in [-0.25, -0.2) is 0 Å². The Balaban J connectivity index is 1.53. The van der Waals surface area contributed by atoms with E-state index in [2.05, 4.69) is 16.0 Å². The summed E-state index contributed by atoms with van der Waals surface area (Å²) in [5.41, 5.74) is 3.69. The lowest BCUT2D eigenvalue weighted by Gasteiger charge is -2.15. The zero-order valence-corrected chi connectivity index (χ0v) is 17.9. The third-order valence-corrected chi connectivity index (χ3v) is 4.40. The van der Waals surface area contributed by atoms with Crippen molar-refractivity contribution in [1.82, 2.24) is 0 Å². The molecule has 2 amide bonds. The van der Waals surface area contributed by atoms with Crippen molar-refractivity contribution in [3.05, 3.63) is 83.9 Å². The second-order valence-corrected chi connectivity index (χ2v) is 7.47. The molecule has 6 nitrogen and oxygen atoms in total. The number of benzene rings is 3. The van der Waals surface area contributed by atoms with Gasteiger partial charge in [-0.05, 0) is 69.3 Å². The zero-order valence-electron chi connectivity index (χ0n) is 17.9. The van der Waals surface area contributed by atoms with E-state index in [9.17, 15) is 9.59 Å². The van der Waals surface area contributed by atoms with E-state index in [0.29, 0.717) is 22.7 Å². The number of aryl methyl sites for hydroxylation is 1. The summed E-state index contributed by atoms with van der Waals surface area (Å²) in [6.45, 7) is 5.95. The molecule has 31 heavy (non-hydrogen) atoms. The number of nitrogens with one attached hydrogen (secondary N) is 3. The molecule has 0 atom stereocenters. The van der Waals surface area contributed by atoms with E-state index in [0.717, 1.165) is 11.3 Å². The van der Waals surface area contributed by atoms with Crippen molar-refractivity contribution in [3.63, 3.8) is 0 Å². The monoisotopic (exact) mass is 417 g/mol. The molecular formula is C25H27N3O3. The largest absolute Gasteiger partial charge is 0.489 e. The lowest BCUT2D eigenvalue weighted by molar-refractivity contribution is -0.114. The van der Waals surface area contributed by atoms with Gasteiger partial charge >= 0.3 is 0 Å². The summed E-state index contributed by atoms with van der Waals surface area (Å²) in [4.78, 5) is 24.7. The van der Waals surface area contributed by atoms with Gasteiger partial charge in [0, 0.05) is 16.9 Å². The highest BCUT2D eigenvalue weighted by Crippen LogP contribution is 2.24. The van der Waals surface area contributed by atoms with E-state index in [1.54, 1.807) is 30.3 Å². The summed E-state index contributed by atoms with van der Waals surface area (Å²) in [6, 6.07) is 21.9. The van der Waals surface area contributed by atoms with Gasteiger partial charge in [0.2, 0.25) is 5.91 Å². The molecule has 0 aliphatic carbocycles. The lowest BCUT2D eigenvalue weighted by atomic mass is 10.1. The fraction of sp³-hybridized carbons (Fsp3) is 0.200. The van der Waals surface area contributed by atoms with E-state index < -0.39 is 0 Å². The molecule has 0 fully saturated rings. The molecule has 3 N–H and O–H groups in total. The highest BCUT2D eigenvalue weighted by atomic mass is 16.5. The number of amides is 2. The first-order valence-electron chi connectivity index (χ1n) is 10.2. The molecule has 0 saturated heterocycles. The van der Waals surface area contributed by atoms with Crippen LogP contribution in [0, 0.1) is 6.92 Å². The molecule has 0 radical (unpaired) electrons. The number of para-hydroxylation sites is 2. The van der Waals surface area contributed by atoms with Crippen LogP contribution in [0.1, 0.15) is 29.8 Å². The standard InChI is InChI=1S/C25H27N3O3/c1-17(2)31-23-10-5-4-9-22(23)26-16-24(29)27-20-11-13-21(14-12-20)28-25(30)19-8-6-7-18(3)15-19/h4-15,17,26H,16H2,1-3H3,(H,27,29)(H,28,30). The number of hydrogen-bond acceptors (Lipinski definition) is 4. The van der Waals surface area contributed by atoms with Crippen LogP contribution in [-0.4, -0.2) is 24.5 Å². The Bertz CT molecular complexity index is 1050. The van der Waals surface area contributed by atoms with E-state index in [1.165, 1.54) is 0 Å². The van der Waals surface area contributed by atoms with Crippen molar-refractivity contribution in [1.29, 1.82) is 0 Å². The maximum absolute atomic E-state index is 12.3. The van der Waals surface area contributed by atoms with Crippen LogP contribution >= 0.6 is 0 Å². The Kier molecular flexibility index (Phi) is 7.27. The molecule has 0 saturated carbocycles. The van der Waals surface area contributed by atoms with Crippen molar-refractivity contribution >= 4 is 28.9 Å². The van der Waals surface area contributed by atoms with Crippen LogP contribution in [0.5, 0.6) is 5.75 Å². The van der Waals surface area contributed by atoms with E-state index in [4.69, 9.17) is 4.74 Å². The summed E-state index contributed by atoms with van der Waals surface area (Å²) in [6.07, 6.45) is 0.0432. The lowest BCUT2D eigenvalue weighted by Crippen LogP contribution is -2.22. The molecule has 0 aromatic heterocycles. The third-order valence-electron chi connectivity index (χ3n) is 4.40. The van der Waals surface area contributed by atoms with Gasteiger partial charge in [-0.3, -0.25) is 9.59 Å². The highest BCUT2D eigenvalue weighted by molar-refractivity contribution is 6.04. The van der Waals surface area contributed by atoms with E-state index in [-0.39, 0.29) is 24.5 Å². The Hall–Kier alpha value is -3.80. The predicted molar refractivity (Wildman–Crippen MR) is 125 cm³/mol. The zero-order chi connectivity index (χ0) is 22.2. The molecule has 0 aliphatic rings. The van der Waals surface area contributed by atoms with Gasteiger partial charge in [0.25, 0.3) is 5.91 Å². The molecule has 0 spiro atoms. The van der Waals surface area contributed by atoms with E-state index >= 15 is 0 Å². The van der Waals surface area contributed by atoms with E-state index in [1.807, 2.05) is 63.2 Å². The topological polar surface area (TPSA) is 79.5 Å². The molecule has 160 valence electrons. The van der Waals surface area contributed by atoms with Gasteiger partial charge in [-0.15, -0.1) is 0 Å². The number of carbonyl (C=O) groups excluding carboxylic acids is 2. The number of ether oxygens (including phenoxy) is 1. The predicted octanol–water partition coefficient (Wildman–Crippen LogP) is 5.09. The fourth-order valence-corrected chi connectivity index (χ4v) is 2.98. The van der Waals surface area contributed by atoms with Crippen LogP contribution in [0.4, 0.5) is 17.1 Å². The molecule has 0 heterocycles. The number of carbonyl (C=O) groups is 2. The Morgan fingerprint density at radius 3 is 2.23 bits per heavy atom. The summed E-state index contributed by atoms with van der Waals surface area (Å²) >= 11 is 0. The van der Waals surface area contributed by atoms with Crippen LogP contribution < -0.4 is 20.7 Å². The van der Waals surface area contributed by atoms with Gasteiger partial charge in [0.15, 0.2) is 0 Å². The van der Waals surface area contributed by atoms with Crippen molar-refractivity contribution < 1.29 is 14.3 Å². The van der Waals surface area contributed by atoms with Gasteiger partial charge in [-0.1, -0.05) is 29.8 Å². The molecule has 0 unspecified atom stereocenters. The minimum absolute atomic E-state index is 0.0432. The maximum atomic E-state index is 12.3. The quantitative estimate of drug-likeness (QED) is 0.477. The summed E-state index contributed by atoms with van der Waals surface area (Å²) < 4.78 is 5.75. The third kappa shape index (κ3) is 6.60. The first-order chi connectivity index (χ1) is 14.9. The van der Waals surface area contributed by atoms with Gasteiger partial charge in [-0.2, -0.15) is 0 Å². The SMILES string of the molecule is Cc1cccc(C(=O)Nc2ccc(NC(=O)CNc3ccccc3OC(C)C)cc2)c1. The van der Waals surface area contributed by atoms with Crippen LogP contribution in [0.2, 0.25) is 0 Å². The Morgan fingerprint density at radius 1 is 0.871 bits per heavy atom.